The Morgan fingerprint density at radius 1 is 1.28 bits per heavy atom. The highest BCUT2D eigenvalue weighted by Gasteiger charge is 2.14. The van der Waals surface area contributed by atoms with Crippen molar-refractivity contribution in [3.05, 3.63) is 70.1 Å². The highest BCUT2D eigenvalue weighted by Crippen LogP contribution is 2.32. The molecule has 2 N–H and O–H groups in total. The molecule has 2 aromatic carbocycles. The fraction of sp³-hybridized carbons (Fsp3) is 0.150. The Morgan fingerprint density at radius 2 is 2.07 bits per heavy atom. The minimum Gasteiger partial charge on any atom is -0.493 e. The molecule has 0 unspecified atom stereocenters. The number of nitrogens with one attached hydrogen (secondary N) is 1. The van der Waals surface area contributed by atoms with Crippen LogP contribution in [0.4, 0.5) is 4.39 Å². The Bertz CT molecular complexity index is 1050. The third-order valence-electron chi connectivity index (χ3n) is 3.82. The molecule has 0 aliphatic heterocycles. The lowest BCUT2D eigenvalue weighted by atomic mass is 10.2. The van der Waals surface area contributed by atoms with Crippen molar-refractivity contribution in [2.24, 2.45) is 0 Å². The zero-order valence-electron chi connectivity index (χ0n) is 15.7. The van der Waals surface area contributed by atoms with Gasteiger partial charge in [-0.25, -0.2) is 14.2 Å². The molecule has 0 saturated heterocycles. The summed E-state index contributed by atoms with van der Waals surface area (Å²) in [6.07, 6.45) is 1.49. The number of H-pyrrole nitrogens is 1. The number of hydrogen-bond acceptors (Lipinski definition) is 6. The Morgan fingerprint density at radius 3 is 2.72 bits per heavy atom. The van der Waals surface area contributed by atoms with Gasteiger partial charge in [0.1, 0.15) is 23.2 Å². The average molecular weight is 415 g/mol. The van der Waals surface area contributed by atoms with E-state index in [0.29, 0.717) is 33.6 Å². The lowest BCUT2D eigenvalue weighted by molar-refractivity contribution is -0.131. The highest BCUT2D eigenvalue weighted by atomic mass is 32.2. The number of aromatic nitrogens is 3. The number of benzene rings is 2. The standard InChI is InChI=1S/C20H18FN3O4S/c1-12-22-20(24-23-12)29-18(19(25)26)10-13-7-8-16(17(9-13)27-2)28-11-14-5-3-4-6-15(14)21/h3-10H,11H2,1-2H3,(H,25,26)(H,22,23,24)/b18-10-. The number of aromatic amines is 1. The number of rotatable bonds is 8. The third kappa shape index (κ3) is 5.35. The summed E-state index contributed by atoms with van der Waals surface area (Å²) in [7, 11) is 1.47. The van der Waals surface area contributed by atoms with Gasteiger partial charge < -0.3 is 14.6 Å². The largest absolute Gasteiger partial charge is 0.493 e. The Balaban J connectivity index is 1.80. The molecule has 1 aromatic heterocycles. The second-order valence-corrected chi connectivity index (χ2v) is 6.92. The number of hydrogen-bond donors (Lipinski definition) is 2. The summed E-state index contributed by atoms with van der Waals surface area (Å²) >= 11 is 0.934. The number of nitrogens with zero attached hydrogens (tertiary/aromatic N) is 2. The molecule has 1 heterocycles. The van der Waals surface area contributed by atoms with Crippen LogP contribution in [0.3, 0.4) is 0 Å². The van der Waals surface area contributed by atoms with E-state index in [1.165, 1.54) is 19.3 Å². The first-order chi connectivity index (χ1) is 14.0. The molecule has 0 aliphatic rings. The Labute approximate surface area is 170 Å². The summed E-state index contributed by atoms with van der Waals surface area (Å²) in [4.78, 5) is 15.7. The van der Waals surface area contributed by atoms with Crippen molar-refractivity contribution >= 4 is 23.8 Å². The smallest absolute Gasteiger partial charge is 0.342 e. The van der Waals surface area contributed by atoms with Crippen molar-refractivity contribution in [3.63, 3.8) is 0 Å². The number of halogens is 1. The second kappa shape index (κ2) is 9.24. The minimum absolute atomic E-state index is 0.0403. The fourth-order valence-electron chi connectivity index (χ4n) is 2.42. The van der Waals surface area contributed by atoms with Gasteiger partial charge in [-0.1, -0.05) is 24.3 Å². The van der Waals surface area contributed by atoms with Crippen LogP contribution in [0, 0.1) is 12.7 Å². The quantitative estimate of drug-likeness (QED) is 0.423. The third-order valence-corrected chi connectivity index (χ3v) is 4.69. The van der Waals surface area contributed by atoms with E-state index >= 15 is 0 Å². The van der Waals surface area contributed by atoms with Crippen LogP contribution in [0.25, 0.3) is 6.08 Å². The summed E-state index contributed by atoms with van der Waals surface area (Å²) in [6.45, 7) is 1.77. The summed E-state index contributed by atoms with van der Waals surface area (Å²) in [5.74, 6) is -0.0384. The van der Waals surface area contributed by atoms with E-state index in [4.69, 9.17) is 9.47 Å². The van der Waals surface area contributed by atoms with E-state index in [9.17, 15) is 14.3 Å². The van der Waals surface area contributed by atoms with Crippen LogP contribution in [-0.4, -0.2) is 33.4 Å². The van der Waals surface area contributed by atoms with E-state index in [1.807, 2.05) is 0 Å². The van der Waals surface area contributed by atoms with Gasteiger partial charge in [0.05, 0.1) is 7.11 Å². The molecule has 0 saturated carbocycles. The minimum atomic E-state index is -1.10. The molecule has 0 spiro atoms. The van der Waals surface area contributed by atoms with Crippen LogP contribution in [0.2, 0.25) is 0 Å². The Kier molecular flexibility index (Phi) is 6.50. The number of carboxylic acids is 1. The lowest BCUT2D eigenvalue weighted by Gasteiger charge is -2.12. The van der Waals surface area contributed by atoms with Crippen LogP contribution < -0.4 is 9.47 Å². The van der Waals surface area contributed by atoms with E-state index in [0.717, 1.165) is 11.8 Å². The molecule has 0 bridgehead atoms. The first kappa shape index (κ1) is 20.4. The first-order valence-electron chi connectivity index (χ1n) is 8.52. The maximum atomic E-state index is 13.7. The molecule has 0 aliphatic carbocycles. The SMILES string of the molecule is COc1cc(/C=C(\Sc2n[nH]c(C)n2)C(=O)O)ccc1OCc1ccccc1F. The van der Waals surface area contributed by atoms with Gasteiger partial charge in [-0.05, 0) is 48.5 Å². The predicted octanol–water partition coefficient (Wildman–Crippen LogP) is 4.06. The van der Waals surface area contributed by atoms with Gasteiger partial charge in [0, 0.05) is 5.56 Å². The maximum absolute atomic E-state index is 13.7. The van der Waals surface area contributed by atoms with Crippen LogP contribution in [0.1, 0.15) is 17.0 Å². The zero-order chi connectivity index (χ0) is 20.8. The van der Waals surface area contributed by atoms with Crippen LogP contribution in [-0.2, 0) is 11.4 Å². The Hall–Kier alpha value is -3.33. The first-order valence-corrected chi connectivity index (χ1v) is 9.34. The average Bonchev–Trinajstić information content (AvgIpc) is 3.12. The van der Waals surface area contributed by atoms with E-state index in [2.05, 4.69) is 15.2 Å². The van der Waals surface area contributed by atoms with E-state index < -0.39 is 5.97 Å². The second-order valence-electron chi connectivity index (χ2n) is 5.91. The number of ether oxygens (including phenoxy) is 2. The zero-order valence-corrected chi connectivity index (χ0v) is 16.5. The van der Waals surface area contributed by atoms with Gasteiger partial charge in [0.2, 0.25) is 5.16 Å². The molecule has 0 radical (unpaired) electrons. The van der Waals surface area contributed by atoms with Crippen molar-refractivity contribution in [1.29, 1.82) is 0 Å². The monoisotopic (exact) mass is 415 g/mol. The van der Waals surface area contributed by atoms with Gasteiger partial charge >= 0.3 is 5.97 Å². The van der Waals surface area contributed by atoms with E-state index in [1.54, 1.807) is 43.3 Å². The van der Waals surface area contributed by atoms with Crippen molar-refractivity contribution in [1.82, 2.24) is 15.2 Å². The molecule has 7 nitrogen and oxygen atoms in total. The van der Waals surface area contributed by atoms with Crippen LogP contribution in [0.15, 0.2) is 52.5 Å². The molecule has 9 heteroatoms. The molecule has 150 valence electrons. The lowest BCUT2D eigenvalue weighted by Crippen LogP contribution is -2.00. The van der Waals surface area contributed by atoms with Gasteiger partial charge in [0.25, 0.3) is 0 Å². The van der Waals surface area contributed by atoms with Crippen LogP contribution >= 0.6 is 11.8 Å². The van der Waals surface area contributed by atoms with Gasteiger partial charge in [-0.2, -0.15) is 0 Å². The summed E-state index contributed by atoms with van der Waals surface area (Å²) in [5, 5.41) is 16.4. The fourth-order valence-corrected chi connectivity index (χ4v) is 3.17. The molecule has 0 amide bonds. The number of aryl methyl sites for hydroxylation is 1. The molecule has 0 atom stereocenters. The van der Waals surface area contributed by atoms with Gasteiger partial charge in [-0.15, -0.1) is 5.10 Å². The number of methoxy groups -OCH3 is 1. The molecular formula is C20H18FN3O4S. The summed E-state index contributed by atoms with van der Waals surface area (Å²) in [5.41, 5.74) is 1.02. The maximum Gasteiger partial charge on any atom is 0.342 e. The van der Waals surface area contributed by atoms with Crippen molar-refractivity contribution in [2.75, 3.05) is 7.11 Å². The number of carbonyl (C=O) groups is 1. The van der Waals surface area contributed by atoms with Gasteiger partial charge in [0.15, 0.2) is 11.5 Å². The molecule has 0 fully saturated rings. The van der Waals surface area contributed by atoms with E-state index in [-0.39, 0.29) is 17.3 Å². The summed E-state index contributed by atoms with van der Waals surface area (Å²) in [6, 6.07) is 11.3. The van der Waals surface area contributed by atoms with Crippen LogP contribution in [0.5, 0.6) is 11.5 Å². The predicted molar refractivity (Wildman–Crippen MR) is 106 cm³/mol. The van der Waals surface area contributed by atoms with Crippen molar-refractivity contribution < 1.29 is 23.8 Å². The number of carboxylic acid groups (broad SMARTS) is 1. The molecule has 3 rings (SSSR count). The summed E-state index contributed by atoms with van der Waals surface area (Å²) < 4.78 is 24.8. The van der Waals surface area contributed by atoms with Crippen molar-refractivity contribution in [2.45, 2.75) is 18.7 Å². The highest BCUT2D eigenvalue weighted by molar-refractivity contribution is 8.04. The number of thioether (sulfide) groups is 1. The molecule has 29 heavy (non-hydrogen) atoms. The topological polar surface area (TPSA) is 97.3 Å². The van der Waals surface area contributed by atoms with Crippen molar-refractivity contribution in [3.8, 4) is 11.5 Å². The number of aliphatic carboxylic acids is 1. The van der Waals surface area contributed by atoms with Gasteiger partial charge in [-0.3, -0.25) is 5.10 Å². The molecular weight excluding hydrogens is 397 g/mol. The normalized spacial score (nSPS) is 11.3. The molecule has 3 aromatic rings.